The Kier molecular flexibility index (Phi) is 3.75. The number of carbonyl (C=O) groups excluding carboxylic acids is 2. The van der Waals surface area contributed by atoms with E-state index >= 15 is 0 Å². The van der Waals surface area contributed by atoms with Gasteiger partial charge in [-0.1, -0.05) is 44.9 Å². The van der Waals surface area contributed by atoms with Crippen molar-refractivity contribution in [2.24, 2.45) is 35.5 Å². The van der Waals surface area contributed by atoms with E-state index < -0.39 is 29.0 Å². The lowest BCUT2D eigenvalue weighted by Crippen LogP contribution is -2.68. The summed E-state index contributed by atoms with van der Waals surface area (Å²) in [6.45, 7) is 11.2. The molecule has 0 spiro atoms. The van der Waals surface area contributed by atoms with E-state index in [0.29, 0.717) is 0 Å². The predicted molar refractivity (Wildman–Crippen MR) is 91.1 cm³/mol. The van der Waals surface area contributed by atoms with Gasteiger partial charge in [-0.2, -0.15) is 0 Å². The monoisotopic (exact) mass is 332 g/mol. The van der Waals surface area contributed by atoms with E-state index in [0.717, 1.165) is 11.1 Å². The van der Waals surface area contributed by atoms with Crippen molar-refractivity contribution in [1.82, 2.24) is 0 Å². The lowest BCUT2D eigenvalue weighted by molar-refractivity contribution is -0.178. The topological polar surface area (TPSA) is 74.6 Å². The molecule has 1 fully saturated rings. The molecule has 0 heterocycles. The highest BCUT2D eigenvalue weighted by atomic mass is 16.3. The van der Waals surface area contributed by atoms with Gasteiger partial charge >= 0.3 is 0 Å². The van der Waals surface area contributed by atoms with Gasteiger partial charge in [0.05, 0.1) is 0 Å². The quantitative estimate of drug-likeness (QED) is 0.761. The van der Waals surface area contributed by atoms with Gasteiger partial charge in [0.15, 0.2) is 11.6 Å². The van der Waals surface area contributed by atoms with Crippen LogP contribution in [0.1, 0.15) is 41.5 Å². The van der Waals surface area contributed by atoms with Crippen LogP contribution in [0, 0.1) is 35.5 Å². The van der Waals surface area contributed by atoms with Gasteiger partial charge in [-0.15, -0.1) is 0 Å². The molecule has 0 radical (unpaired) electrons. The number of hydrogen-bond donors (Lipinski definition) is 2. The summed E-state index contributed by atoms with van der Waals surface area (Å²) in [4.78, 5) is 25.6. The van der Waals surface area contributed by atoms with Crippen LogP contribution in [0.15, 0.2) is 23.3 Å². The molecule has 0 aliphatic heterocycles. The van der Waals surface area contributed by atoms with Crippen molar-refractivity contribution in [3.05, 3.63) is 23.3 Å². The summed E-state index contributed by atoms with van der Waals surface area (Å²) in [5.41, 5.74) is -1.13. The first kappa shape index (κ1) is 17.6. The minimum Gasteiger partial charge on any atom is -0.382 e. The summed E-state index contributed by atoms with van der Waals surface area (Å²) >= 11 is 0. The van der Waals surface area contributed by atoms with E-state index in [9.17, 15) is 19.8 Å². The van der Waals surface area contributed by atoms with E-state index in [1.165, 1.54) is 13.8 Å². The fourth-order valence-electron chi connectivity index (χ4n) is 5.12. The Balaban J connectivity index is 2.28. The molecular weight excluding hydrogens is 304 g/mol. The first-order valence-corrected chi connectivity index (χ1v) is 8.88. The molecule has 2 unspecified atom stereocenters. The van der Waals surface area contributed by atoms with Crippen LogP contribution in [0.25, 0.3) is 0 Å². The van der Waals surface area contributed by atoms with Crippen molar-refractivity contribution in [1.29, 1.82) is 0 Å². The van der Waals surface area contributed by atoms with Crippen LogP contribution in [0.4, 0.5) is 0 Å². The van der Waals surface area contributed by atoms with Crippen molar-refractivity contribution in [2.45, 2.75) is 52.7 Å². The van der Waals surface area contributed by atoms with Crippen molar-refractivity contribution >= 4 is 11.6 Å². The molecule has 4 rings (SSSR count). The average Bonchev–Trinajstić information content (AvgIpc) is 2.46. The largest absolute Gasteiger partial charge is 0.382 e. The van der Waals surface area contributed by atoms with Gasteiger partial charge in [-0.25, -0.2) is 0 Å². The summed E-state index contributed by atoms with van der Waals surface area (Å²) in [6, 6.07) is 0. The lowest BCUT2D eigenvalue weighted by Gasteiger charge is -2.59. The molecular formula is C20H28O4. The molecule has 4 nitrogen and oxygen atoms in total. The molecule has 0 aromatic rings. The molecule has 2 bridgehead atoms. The van der Waals surface area contributed by atoms with Gasteiger partial charge in [0, 0.05) is 23.7 Å². The Hall–Kier alpha value is -1.26. The molecule has 4 aliphatic carbocycles. The maximum absolute atomic E-state index is 13.1. The molecule has 0 aromatic heterocycles. The van der Waals surface area contributed by atoms with Gasteiger partial charge in [-0.3, -0.25) is 9.59 Å². The molecule has 4 heteroatoms. The van der Waals surface area contributed by atoms with Crippen LogP contribution in [0.5, 0.6) is 0 Å². The molecule has 0 amide bonds. The Morgan fingerprint density at radius 2 is 1.50 bits per heavy atom. The highest BCUT2D eigenvalue weighted by molar-refractivity contribution is 6.01. The molecule has 4 aliphatic rings. The number of Topliss-reactive ketones (excluding diaryl/α,β-unsaturated/α-hetero) is 1. The molecule has 1 saturated carbocycles. The van der Waals surface area contributed by atoms with Gasteiger partial charge < -0.3 is 10.2 Å². The summed E-state index contributed by atoms with van der Waals surface area (Å²) in [7, 11) is 0. The third kappa shape index (κ3) is 2.05. The second kappa shape index (κ2) is 5.12. The Morgan fingerprint density at radius 1 is 0.958 bits per heavy atom. The van der Waals surface area contributed by atoms with Gasteiger partial charge in [0.25, 0.3) is 0 Å². The Morgan fingerprint density at radius 3 is 2.00 bits per heavy atom. The predicted octanol–water partition coefficient (Wildman–Crippen LogP) is 2.30. The van der Waals surface area contributed by atoms with Crippen molar-refractivity contribution in [3.8, 4) is 0 Å². The number of carbonyl (C=O) groups is 2. The second-order valence-electron chi connectivity index (χ2n) is 8.70. The van der Waals surface area contributed by atoms with Crippen LogP contribution in [-0.2, 0) is 9.59 Å². The van der Waals surface area contributed by atoms with E-state index in [-0.39, 0.29) is 29.3 Å². The second-order valence-corrected chi connectivity index (χ2v) is 8.70. The Labute approximate surface area is 143 Å². The first-order valence-electron chi connectivity index (χ1n) is 8.88. The zero-order valence-electron chi connectivity index (χ0n) is 15.3. The number of allylic oxidation sites excluding steroid dienone is 2. The third-order valence-electron chi connectivity index (χ3n) is 6.46. The highest BCUT2D eigenvalue weighted by Gasteiger charge is 2.66. The highest BCUT2D eigenvalue weighted by Crippen LogP contribution is 2.59. The smallest absolute Gasteiger partial charge is 0.187 e. The molecule has 2 N–H and O–H groups in total. The number of fused-ring (bicyclic) bond motifs is 1. The van der Waals surface area contributed by atoms with Crippen molar-refractivity contribution in [3.63, 3.8) is 0 Å². The third-order valence-corrected chi connectivity index (χ3v) is 6.46. The van der Waals surface area contributed by atoms with Crippen LogP contribution in [0.2, 0.25) is 0 Å². The fraction of sp³-hybridized carbons (Fsp3) is 0.700. The SMILES string of the molecule is CC(C)C1=CC(=O)[C@](C)(O)C2C1[C@@H]1C(=O)[C@](C)(O)[C@H]2C=C1C(C)C. The minimum atomic E-state index is -1.56. The van der Waals surface area contributed by atoms with Crippen molar-refractivity contribution < 1.29 is 19.8 Å². The van der Waals surface area contributed by atoms with Crippen LogP contribution in [-0.4, -0.2) is 33.0 Å². The molecule has 132 valence electrons. The maximum atomic E-state index is 13.1. The van der Waals surface area contributed by atoms with E-state index in [1.54, 1.807) is 6.08 Å². The summed E-state index contributed by atoms with van der Waals surface area (Å²) in [5, 5.41) is 21.8. The van der Waals surface area contributed by atoms with E-state index in [1.807, 2.05) is 19.9 Å². The summed E-state index contributed by atoms with van der Waals surface area (Å²) < 4.78 is 0. The van der Waals surface area contributed by atoms with Gasteiger partial charge in [0.2, 0.25) is 0 Å². The van der Waals surface area contributed by atoms with E-state index in [2.05, 4.69) is 13.8 Å². The lowest BCUT2D eigenvalue weighted by atomic mass is 9.45. The average molecular weight is 332 g/mol. The molecule has 6 atom stereocenters. The molecule has 0 aromatic carbocycles. The number of aliphatic hydroxyl groups is 2. The van der Waals surface area contributed by atoms with Crippen LogP contribution < -0.4 is 0 Å². The Bertz CT molecular complexity index is 663. The van der Waals surface area contributed by atoms with Gasteiger partial charge in [-0.05, 0) is 31.8 Å². The summed E-state index contributed by atoms with van der Waals surface area (Å²) in [6.07, 6.45) is 3.51. The zero-order valence-corrected chi connectivity index (χ0v) is 15.3. The van der Waals surface area contributed by atoms with E-state index in [4.69, 9.17) is 0 Å². The minimum absolute atomic E-state index is 0.114. The maximum Gasteiger partial charge on any atom is 0.187 e. The van der Waals surface area contributed by atoms with Crippen molar-refractivity contribution in [2.75, 3.05) is 0 Å². The summed E-state index contributed by atoms with van der Waals surface area (Å²) in [5.74, 6) is -1.86. The molecule has 0 saturated heterocycles. The van der Waals surface area contributed by atoms with Crippen LogP contribution in [0.3, 0.4) is 0 Å². The fourth-order valence-corrected chi connectivity index (χ4v) is 5.12. The number of ketones is 2. The first-order chi connectivity index (χ1) is 10.9. The number of hydrogen-bond acceptors (Lipinski definition) is 4. The van der Waals surface area contributed by atoms with Gasteiger partial charge in [0.1, 0.15) is 11.2 Å². The van der Waals surface area contributed by atoms with Crippen LogP contribution >= 0.6 is 0 Å². The normalized spacial score (nSPS) is 44.8. The zero-order chi connectivity index (χ0) is 18.2. The number of rotatable bonds is 2. The molecule has 24 heavy (non-hydrogen) atoms. The standard InChI is InChI=1S/C20H28O4/c1-9(2)11-7-13-17-15(16(11)18(22)19(13,5)23)12(10(3)4)8-14(21)20(17,6)24/h7-10,13,15-17,23-24H,1-6H3/t13-,15?,16+,17?,19+,20-/m0/s1.